The summed E-state index contributed by atoms with van der Waals surface area (Å²) in [6.45, 7) is -0.565. The lowest BCUT2D eigenvalue weighted by Crippen LogP contribution is -2.46. The number of aliphatic hydroxyl groups excluding tert-OH is 2. The number of carbonyl (C=O) groups excluding carboxylic acids is 2. The summed E-state index contributed by atoms with van der Waals surface area (Å²) in [6, 6.07) is 14.1. The summed E-state index contributed by atoms with van der Waals surface area (Å²) < 4.78 is 0. The zero-order valence-electron chi connectivity index (χ0n) is 16.3. The van der Waals surface area contributed by atoms with Crippen LogP contribution >= 0.6 is 0 Å². The summed E-state index contributed by atoms with van der Waals surface area (Å²) >= 11 is 0. The number of benzene rings is 2. The van der Waals surface area contributed by atoms with Gasteiger partial charge < -0.3 is 30.9 Å². The molecule has 1 heterocycles. The Balaban J connectivity index is 2.17. The quantitative estimate of drug-likeness (QED) is 0.290. The Bertz CT molecular complexity index is 997. The Morgan fingerprint density at radius 1 is 0.867 bits per heavy atom. The number of aromatic amines is 1. The number of carbonyl (C=O) groups is 2. The van der Waals surface area contributed by atoms with Crippen molar-refractivity contribution in [3.63, 3.8) is 0 Å². The van der Waals surface area contributed by atoms with Crippen LogP contribution in [0.15, 0.2) is 54.7 Å². The van der Waals surface area contributed by atoms with Gasteiger partial charge >= 0.3 is 0 Å². The van der Waals surface area contributed by atoms with Crippen LogP contribution in [-0.2, 0) is 9.59 Å². The summed E-state index contributed by atoms with van der Waals surface area (Å²) in [5.74, 6) is -3.26. The van der Waals surface area contributed by atoms with Crippen LogP contribution < -0.4 is 10.6 Å². The average Bonchev–Trinajstić information content (AvgIpc) is 3.18. The van der Waals surface area contributed by atoms with Gasteiger partial charge in [0.05, 0.1) is 13.2 Å². The Morgan fingerprint density at radius 2 is 1.47 bits per heavy atom. The third kappa shape index (κ3) is 4.45. The van der Waals surface area contributed by atoms with Crippen LogP contribution in [0.25, 0.3) is 10.9 Å². The summed E-state index contributed by atoms with van der Waals surface area (Å²) in [7, 11) is 0. The number of hydrogen-bond donors (Lipinski definition) is 6. The Labute approximate surface area is 173 Å². The molecule has 30 heavy (non-hydrogen) atoms. The molecule has 0 radical (unpaired) electrons. The van der Waals surface area contributed by atoms with E-state index in [-0.39, 0.29) is 32.1 Å². The molecule has 158 valence electrons. The van der Waals surface area contributed by atoms with Crippen LogP contribution in [-0.4, -0.2) is 58.4 Å². The fourth-order valence-corrected chi connectivity index (χ4v) is 3.63. The van der Waals surface area contributed by atoms with Crippen molar-refractivity contribution < 1.29 is 24.9 Å². The highest BCUT2D eigenvalue weighted by atomic mass is 16.3. The number of phenolic OH excluding ortho intramolecular Hbond substituents is 1. The monoisotopic (exact) mass is 411 g/mol. The first-order valence-electron chi connectivity index (χ1n) is 9.69. The first-order valence-corrected chi connectivity index (χ1v) is 9.69. The van der Waals surface area contributed by atoms with Crippen LogP contribution in [0.4, 0.5) is 0 Å². The van der Waals surface area contributed by atoms with E-state index in [4.69, 9.17) is 10.2 Å². The molecule has 0 aliphatic rings. The van der Waals surface area contributed by atoms with Gasteiger partial charge in [0.15, 0.2) is 0 Å². The van der Waals surface area contributed by atoms with E-state index < -0.39 is 23.7 Å². The van der Waals surface area contributed by atoms with E-state index in [0.717, 1.165) is 10.9 Å². The highest BCUT2D eigenvalue weighted by Crippen LogP contribution is 2.40. The third-order valence-corrected chi connectivity index (χ3v) is 4.95. The maximum Gasteiger partial charge on any atom is 0.233 e. The van der Waals surface area contributed by atoms with Crippen molar-refractivity contribution in [2.24, 2.45) is 5.92 Å². The molecule has 0 saturated heterocycles. The zero-order chi connectivity index (χ0) is 21.5. The highest BCUT2D eigenvalue weighted by molar-refractivity contribution is 6.02. The summed E-state index contributed by atoms with van der Waals surface area (Å²) in [5.41, 5.74) is 1.93. The van der Waals surface area contributed by atoms with E-state index in [1.165, 1.54) is 6.07 Å². The number of para-hydroxylation sites is 2. The van der Waals surface area contributed by atoms with Crippen LogP contribution in [0.5, 0.6) is 5.75 Å². The standard InChI is InChI=1S/C22H25N3O5/c26-11-9-23-21(29)20(22(30)24-10-12-27)19(15-6-2-4-8-18(15)28)16-13-25-17-7-3-1-5-14(16)17/h1-8,13,19-20,25-28H,9-12H2,(H,23,29)(H,24,30). The topological polar surface area (TPSA) is 135 Å². The summed E-state index contributed by atoms with van der Waals surface area (Å²) in [6.07, 6.45) is 1.73. The second kappa shape index (κ2) is 9.91. The molecule has 0 spiro atoms. The second-order valence-corrected chi connectivity index (χ2v) is 6.83. The van der Waals surface area contributed by atoms with Crippen molar-refractivity contribution in [2.45, 2.75) is 5.92 Å². The van der Waals surface area contributed by atoms with E-state index in [0.29, 0.717) is 11.1 Å². The number of fused-ring (bicyclic) bond motifs is 1. The van der Waals surface area contributed by atoms with E-state index in [9.17, 15) is 14.7 Å². The van der Waals surface area contributed by atoms with Gasteiger partial charge in [0, 0.05) is 41.7 Å². The molecule has 0 fully saturated rings. The summed E-state index contributed by atoms with van der Waals surface area (Å²) in [5, 5.41) is 34.7. The van der Waals surface area contributed by atoms with Crippen LogP contribution in [0.3, 0.4) is 0 Å². The van der Waals surface area contributed by atoms with Gasteiger partial charge in [-0.25, -0.2) is 0 Å². The van der Waals surface area contributed by atoms with Crippen molar-refractivity contribution in [2.75, 3.05) is 26.3 Å². The minimum absolute atomic E-state index is 0.00993. The number of hydrogen-bond acceptors (Lipinski definition) is 5. The smallest absolute Gasteiger partial charge is 0.233 e. The predicted molar refractivity (Wildman–Crippen MR) is 112 cm³/mol. The van der Waals surface area contributed by atoms with E-state index >= 15 is 0 Å². The van der Waals surface area contributed by atoms with E-state index in [2.05, 4.69) is 15.6 Å². The molecule has 0 bridgehead atoms. The molecule has 0 saturated carbocycles. The van der Waals surface area contributed by atoms with Crippen molar-refractivity contribution >= 4 is 22.7 Å². The largest absolute Gasteiger partial charge is 0.508 e. The predicted octanol–water partition coefficient (Wildman–Crippen LogP) is 0.839. The van der Waals surface area contributed by atoms with Crippen LogP contribution in [0.1, 0.15) is 17.0 Å². The molecule has 3 aromatic rings. The molecule has 0 aliphatic heterocycles. The van der Waals surface area contributed by atoms with E-state index in [1.54, 1.807) is 24.4 Å². The lowest BCUT2D eigenvalue weighted by molar-refractivity contribution is -0.136. The average molecular weight is 411 g/mol. The number of aromatic hydroxyl groups is 1. The molecule has 1 unspecified atom stereocenters. The van der Waals surface area contributed by atoms with Gasteiger partial charge in [-0.3, -0.25) is 9.59 Å². The van der Waals surface area contributed by atoms with Crippen LogP contribution in [0, 0.1) is 5.92 Å². The molecule has 2 aromatic carbocycles. The highest BCUT2D eigenvalue weighted by Gasteiger charge is 2.39. The van der Waals surface area contributed by atoms with Crippen molar-refractivity contribution in [1.29, 1.82) is 0 Å². The first kappa shape index (κ1) is 21.4. The summed E-state index contributed by atoms with van der Waals surface area (Å²) in [4.78, 5) is 29.2. The second-order valence-electron chi connectivity index (χ2n) is 6.83. The maximum absolute atomic E-state index is 13.0. The number of nitrogens with one attached hydrogen (secondary N) is 3. The molecule has 1 atom stereocenters. The lowest BCUT2D eigenvalue weighted by Gasteiger charge is -2.26. The van der Waals surface area contributed by atoms with Gasteiger partial charge in [-0.05, 0) is 17.7 Å². The lowest BCUT2D eigenvalue weighted by atomic mass is 9.79. The Morgan fingerprint density at radius 3 is 2.10 bits per heavy atom. The van der Waals surface area contributed by atoms with Gasteiger partial charge in [0.1, 0.15) is 11.7 Å². The molecule has 8 heteroatoms. The van der Waals surface area contributed by atoms with Gasteiger partial charge in [0.25, 0.3) is 0 Å². The zero-order valence-corrected chi connectivity index (χ0v) is 16.3. The molecule has 8 nitrogen and oxygen atoms in total. The minimum Gasteiger partial charge on any atom is -0.508 e. The molecule has 0 aliphatic carbocycles. The molecule has 3 rings (SSSR count). The van der Waals surface area contributed by atoms with Gasteiger partial charge in [0.2, 0.25) is 11.8 Å². The number of aromatic nitrogens is 1. The molecular weight excluding hydrogens is 386 g/mol. The Kier molecular flexibility index (Phi) is 7.05. The number of rotatable bonds is 9. The first-order chi connectivity index (χ1) is 14.6. The van der Waals surface area contributed by atoms with Gasteiger partial charge in [-0.2, -0.15) is 0 Å². The fraction of sp³-hybridized carbons (Fsp3) is 0.273. The normalized spacial score (nSPS) is 12.1. The van der Waals surface area contributed by atoms with Gasteiger partial charge in [-0.15, -0.1) is 0 Å². The fourth-order valence-electron chi connectivity index (χ4n) is 3.63. The number of aliphatic hydroxyl groups is 2. The van der Waals surface area contributed by atoms with Gasteiger partial charge in [-0.1, -0.05) is 36.4 Å². The minimum atomic E-state index is -1.24. The third-order valence-electron chi connectivity index (χ3n) is 4.95. The molecule has 6 N–H and O–H groups in total. The molecular formula is C22H25N3O5. The van der Waals surface area contributed by atoms with Crippen molar-refractivity contribution in [3.05, 3.63) is 65.9 Å². The number of phenols is 1. The maximum atomic E-state index is 13.0. The van der Waals surface area contributed by atoms with Crippen molar-refractivity contribution in [1.82, 2.24) is 15.6 Å². The molecule has 2 amide bonds. The number of H-pyrrole nitrogens is 1. The molecule has 1 aromatic heterocycles. The van der Waals surface area contributed by atoms with Crippen LogP contribution in [0.2, 0.25) is 0 Å². The SMILES string of the molecule is O=C(NCCO)C(C(=O)NCCO)C(c1ccccc1O)c1c[nH]c2ccccc12. The Hall–Kier alpha value is -3.36. The van der Waals surface area contributed by atoms with E-state index in [1.807, 2.05) is 24.3 Å². The van der Waals surface area contributed by atoms with Crippen molar-refractivity contribution in [3.8, 4) is 5.75 Å². The number of amides is 2.